The van der Waals surface area contributed by atoms with E-state index in [1.54, 1.807) is 0 Å². The summed E-state index contributed by atoms with van der Waals surface area (Å²) in [6.45, 7) is 3.22. The first-order valence-corrected chi connectivity index (χ1v) is 8.18. The SMILES string of the molecule is CCCCOC(=O)C1CCn2c(C(=O)c3ccccc3)ccc21. The van der Waals surface area contributed by atoms with Crippen molar-refractivity contribution >= 4 is 11.8 Å². The van der Waals surface area contributed by atoms with Gasteiger partial charge in [-0.05, 0) is 25.0 Å². The standard InChI is InChI=1S/C19H21NO3/c1-2-3-13-23-19(22)15-11-12-20-16(15)9-10-17(20)18(21)14-7-5-4-6-8-14/h4-10,15H,2-3,11-13H2,1H3. The normalized spacial score (nSPS) is 16.1. The summed E-state index contributed by atoms with van der Waals surface area (Å²) >= 11 is 0. The Morgan fingerprint density at radius 3 is 2.70 bits per heavy atom. The van der Waals surface area contributed by atoms with E-state index in [-0.39, 0.29) is 17.7 Å². The zero-order chi connectivity index (χ0) is 16.2. The number of rotatable bonds is 6. The van der Waals surface area contributed by atoms with Gasteiger partial charge >= 0.3 is 5.97 Å². The van der Waals surface area contributed by atoms with E-state index in [0.717, 1.165) is 18.5 Å². The molecule has 2 heterocycles. The number of hydrogen-bond acceptors (Lipinski definition) is 3. The predicted molar refractivity (Wildman–Crippen MR) is 87.5 cm³/mol. The number of fused-ring (bicyclic) bond motifs is 1. The van der Waals surface area contributed by atoms with Crippen molar-refractivity contribution in [2.45, 2.75) is 38.6 Å². The van der Waals surface area contributed by atoms with E-state index in [9.17, 15) is 9.59 Å². The molecule has 4 heteroatoms. The van der Waals surface area contributed by atoms with Gasteiger partial charge in [0.25, 0.3) is 0 Å². The molecule has 0 aliphatic carbocycles. The van der Waals surface area contributed by atoms with Gasteiger partial charge in [0.15, 0.2) is 0 Å². The number of ketones is 1. The molecule has 1 unspecified atom stereocenters. The molecule has 4 nitrogen and oxygen atoms in total. The van der Waals surface area contributed by atoms with Gasteiger partial charge in [0.05, 0.1) is 18.2 Å². The lowest BCUT2D eigenvalue weighted by Gasteiger charge is -2.09. The minimum Gasteiger partial charge on any atom is -0.465 e. The van der Waals surface area contributed by atoms with E-state index >= 15 is 0 Å². The fraction of sp³-hybridized carbons (Fsp3) is 0.368. The maximum atomic E-state index is 12.6. The van der Waals surface area contributed by atoms with Gasteiger partial charge in [0, 0.05) is 17.8 Å². The van der Waals surface area contributed by atoms with Crippen LogP contribution in [0, 0.1) is 0 Å². The molecule has 0 bridgehead atoms. The van der Waals surface area contributed by atoms with Crippen LogP contribution >= 0.6 is 0 Å². The number of benzene rings is 1. The number of hydrogen-bond donors (Lipinski definition) is 0. The third-order valence-corrected chi connectivity index (χ3v) is 4.31. The number of nitrogens with zero attached hydrogens (tertiary/aromatic N) is 1. The third kappa shape index (κ3) is 3.07. The molecule has 0 saturated heterocycles. The quantitative estimate of drug-likeness (QED) is 0.466. The van der Waals surface area contributed by atoms with Crippen molar-refractivity contribution in [3.8, 4) is 0 Å². The zero-order valence-corrected chi connectivity index (χ0v) is 13.3. The Hall–Kier alpha value is -2.36. The Bertz CT molecular complexity index is 703. The summed E-state index contributed by atoms with van der Waals surface area (Å²) in [7, 11) is 0. The highest BCUT2D eigenvalue weighted by Crippen LogP contribution is 2.32. The summed E-state index contributed by atoms with van der Waals surface area (Å²) in [5.41, 5.74) is 2.21. The van der Waals surface area contributed by atoms with E-state index < -0.39 is 0 Å². The topological polar surface area (TPSA) is 48.3 Å². The van der Waals surface area contributed by atoms with Crippen molar-refractivity contribution in [3.05, 3.63) is 59.4 Å². The van der Waals surface area contributed by atoms with Gasteiger partial charge in [-0.3, -0.25) is 9.59 Å². The van der Waals surface area contributed by atoms with Gasteiger partial charge < -0.3 is 9.30 Å². The molecule has 1 aromatic heterocycles. The number of carbonyl (C=O) groups excluding carboxylic acids is 2. The van der Waals surface area contributed by atoms with Crippen molar-refractivity contribution in [1.82, 2.24) is 4.57 Å². The molecule has 0 N–H and O–H groups in total. The first-order chi connectivity index (χ1) is 11.2. The van der Waals surface area contributed by atoms with Crippen LogP contribution in [0.4, 0.5) is 0 Å². The van der Waals surface area contributed by atoms with Crippen LogP contribution in [0.5, 0.6) is 0 Å². The van der Waals surface area contributed by atoms with Crippen LogP contribution in [0.2, 0.25) is 0 Å². The summed E-state index contributed by atoms with van der Waals surface area (Å²) in [6, 6.07) is 12.9. The molecular formula is C19H21NO3. The van der Waals surface area contributed by atoms with Crippen LogP contribution in [-0.4, -0.2) is 22.9 Å². The monoisotopic (exact) mass is 311 g/mol. The highest BCUT2D eigenvalue weighted by molar-refractivity contribution is 6.08. The Balaban J connectivity index is 1.78. The molecule has 1 aromatic carbocycles. The average molecular weight is 311 g/mol. The van der Waals surface area contributed by atoms with E-state index in [0.29, 0.717) is 30.8 Å². The summed E-state index contributed by atoms with van der Waals surface area (Å²) in [4.78, 5) is 24.8. The lowest BCUT2D eigenvalue weighted by Crippen LogP contribution is -2.14. The van der Waals surface area contributed by atoms with Gasteiger partial charge in [-0.2, -0.15) is 0 Å². The predicted octanol–water partition coefficient (Wildman–Crippen LogP) is 3.55. The zero-order valence-electron chi connectivity index (χ0n) is 13.3. The molecule has 0 saturated carbocycles. The number of aromatic nitrogens is 1. The van der Waals surface area contributed by atoms with Crippen LogP contribution in [0.25, 0.3) is 0 Å². The number of unbranched alkanes of at least 4 members (excludes halogenated alkanes) is 1. The van der Waals surface area contributed by atoms with Gasteiger partial charge in [-0.1, -0.05) is 43.7 Å². The molecule has 23 heavy (non-hydrogen) atoms. The lowest BCUT2D eigenvalue weighted by atomic mass is 10.1. The number of carbonyl (C=O) groups is 2. The minimum atomic E-state index is -0.246. The van der Waals surface area contributed by atoms with Crippen LogP contribution in [0.15, 0.2) is 42.5 Å². The van der Waals surface area contributed by atoms with Crippen molar-refractivity contribution in [2.75, 3.05) is 6.61 Å². The summed E-state index contributed by atoms with van der Waals surface area (Å²) in [6.07, 6.45) is 2.59. The summed E-state index contributed by atoms with van der Waals surface area (Å²) in [5.74, 6) is -0.421. The van der Waals surface area contributed by atoms with E-state index in [1.807, 2.05) is 47.0 Å². The fourth-order valence-corrected chi connectivity index (χ4v) is 3.04. The van der Waals surface area contributed by atoms with Crippen molar-refractivity contribution in [3.63, 3.8) is 0 Å². The first kappa shape index (κ1) is 15.5. The number of ether oxygens (including phenoxy) is 1. The molecule has 3 rings (SSSR count). The van der Waals surface area contributed by atoms with Crippen LogP contribution in [0.1, 0.15) is 53.8 Å². The second kappa shape index (κ2) is 6.82. The van der Waals surface area contributed by atoms with Crippen LogP contribution < -0.4 is 0 Å². The molecular weight excluding hydrogens is 290 g/mol. The van der Waals surface area contributed by atoms with Gasteiger partial charge in [0.2, 0.25) is 5.78 Å². The molecule has 0 radical (unpaired) electrons. The summed E-state index contributed by atoms with van der Waals surface area (Å²) < 4.78 is 7.30. The molecule has 1 atom stereocenters. The van der Waals surface area contributed by atoms with Crippen molar-refractivity contribution in [1.29, 1.82) is 0 Å². The molecule has 2 aromatic rings. The lowest BCUT2D eigenvalue weighted by molar-refractivity contribution is -0.145. The van der Waals surface area contributed by atoms with Gasteiger partial charge in [-0.25, -0.2) is 0 Å². The highest BCUT2D eigenvalue weighted by atomic mass is 16.5. The van der Waals surface area contributed by atoms with Crippen molar-refractivity contribution < 1.29 is 14.3 Å². The summed E-state index contributed by atoms with van der Waals surface area (Å²) in [5, 5.41) is 0. The fourth-order valence-electron chi connectivity index (χ4n) is 3.04. The Labute approximate surface area is 136 Å². The average Bonchev–Trinajstić information content (AvgIpc) is 3.17. The molecule has 0 fully saturated rings. The maximum Gasteiger partial charge on any atom is 0.315 e. The van der Waals surface area contributed by atoms with Gasteiger partial charge in [-0.15, -0.1) is 0 Å². The Kier molecular flexibility index (Phi) is 4.60. The highest BCUT2D eigenvalue weighted by Gasteiger charge is 2.32. The molecule has 1 aliphatic heterocycles. The van der Waals surface area contributed by atoms with E-state index in [4.69, 9.17) is 4.74 Å². The smallest absolute Gasteiger partial charge is 0.315 e. The second-order valence-corrected chi connectivity index (χ2v) is 5.85. The molecule has 0 spiro atoms. The van der Waals surface area contributed by atoms with Crippen LogP contribution in [-0.2, 0) is 16.1 Å². The Morgan fingerprint density at radius 1 is 1.17 bits per heavy atom. The third-order valence-electron chi connectivity index (χ3n) is 4.31. The van der Waals surface area contributed by atoms with Crippen molar-refractivity contribution in [2.24, 2.45) is 0 Å². The Morgan fingerprint density at radius 2 is 1.96 bits per heavy atom. The molecule has 120 valence electrons. The number of esters is 1. The molecule has 0 amide bonds. The van der Waals surface area contributed by atoms with Gasteiger partial charge in [0.1, 0.15) is 0 Å². The maximum absolute atomic E-state index is 12.6. The second-order valence-electron chi connectivity index (χ2n) is 5.85. The van der Waals surface area contributed by atoms with E-state index in [1.165, 1.54) is 0 Å². The first-order valence-electron chi connectivity index (χ1n) is 8.18. The van der Waals surface area contributed by atoms with E-state index in [2.05, 4.69) is 6.92 Å². The van der Waals surface area contributed by atoms with Crippen LogP contribution in [0.3, 0.4) is 0 Å². The molecule has 1 aliphatic rings. The minimum absolute atomic E-state index is 0.00292. The largest absolute Gasteiger partial charge is 0.465 e.